The van der Waals surface area contributed by atoms with Crippen LogP contribution >= 0.6 is 24.8 Å². The van der Waals surface area contributed by atoms with Crippen molar-refractivity contribution in [3.8, 4) is 11.1 Å². The van der Waals surface area contributed by atoms with Gasteiger partial charge in [0.05, 0.1) is 0 Å². The standard InChI is InChI=1S/C21H25.C7H7.C5H5.CH3.CH2.2ClH.Zr/c1-20(2,3)16-7-9-18-14(12-16)11-15-13-17(21(4,5)6)8-10-19(15)18;1-7-5-3-2-4-6-7;1-2-4-5-3-1;;;;;/h7-10,12H,11H2,1-6H3;2-6H,1H2;1-3H,4H2;1H3;1H2;2*1H;. The Morgan fingerprint density at radius 1 is 0.816 bits per heavy atom. The topological polar surface area (TPSA) is 0 Å². The SMILES string of the molecule is Cl.Cl.[CH2]=[Zr]([CH3])([CH2]c1ccccc1)([C]1=CC=CC1)[c]1c(C(C)(C)C)ccc2c1Cc1cc(C(C)(C)C)ccc1-2. The predicted octanol–water partition coefficient (Wildman–Crippen LogP) is 9.54. The van der Waals surface area contributed by atoms with Gasteiger partial charge in [-0.25, -0.2) is 0 Å². The molecule has 0 radical (unpaired) electrons. The van der Waals surface area contributed by atoms with E-state index in [-0.39, 0.29) is 35.6 Å². The Morgan fingerprint density at radius 2 is 1.47 bits per heavy atom. The van der Waals surface area contributed by atoms with Gasteiger partial charge in [-0.3, -0.25) is 0 Å². The number of rotatable bonds is 4. The van der Waals surface area contributed by atoms with E-state index < -0.39 is 18.3 Å². The van der Waals surface area contributed by atoms with Crippen molar-refractivity contribution in [2.75, 3.05) is 0 Å². The number of hydrogen-bond donors (Lipinski definition) is 0. The summed E-state index contributed by atoms with van der Waals surface area (Å²) in [7, 11) is 0. The summed E-state index contributed by atoms with van der Waals surface area (Å²) in [4.78, 5) is 0. The van der Waals surface area contributed by atoms with Gasteiger partial charge in [0.15, 0.2) is 0 Å². The van der Waals surface area contributed by atoms with Gasteiger partial charge in [-0.2, -0.15) is 0 Å². The second kappa shape index (κ2) is 10.5. The van der Waals surface area contributed by atoms with Crippen LogP contribution in [-0.4, -0.2) is 4.21 Å². The minimum atomic E-state index is -4.01. The average Bonchev–Trinajstić information content (AvgIpc) is 3.46. The molecule has 0 fully saturated rings. The summed E-state index contributed by atoms with van der Waals surface area (Å²) >= 11 is -4.01. The molecule has 2 aliphatic rings. The number of benzene rings is 3. The molecule has 0 spiro atoms. The molecule has 3 aromatic rings. The molecule has 38 heavy (non-hydrogen) atoms. The van der Waals surface area contributed by atoms with Crippen LogP contribution in [0.5, 0.6) is 0 Å². The Bertz CT molecular complexity index is 1480. The van der Waals surface area contributed by atoms with Crippen molar-refractivity contribution in [3.63, 3.8) is 0 Å². The monoisotopic (exact) mass is 624 g/mol. The van der Waals surface area contributed by atoms with Crippen LogP contribution in [0.3, 0.4) is 0 Å². The van der Waals surface area contributed by atoms with E-state index in [0.717, 1.165) is 17.0 Å². The van der Waals surface area contributed by atoms with Crippen molar-refractivity contribution >= 4 is 32.3 Å². The molecule has 0 saturated heterocycles. The average molecular weight is 627 g/mol. The third kappa shape index (κ3) is 5.29. The number of fused-ring (bicyclic) bond motifs is 3. The molecule has 0 nitrogen and oxygen atoms in total. The van der Waals surface area contributed by atoms with Gasteiger partial charge in [0.1, 0.15) is 0 Å². The molecule has 3 heteroatoms. The minimum absolute atomic E-state index is 0. The Hall–Kier alpha value is -1.53. The van der Waals surface area contributed by atoms with E-state index in [1.165, 1.54) is 33.4 Å². The van der Waals surface area contributed by atoms with Gasteiger partial charge in [0.2, 0.25) is 0 Å². The second-order valence-electron chi connectivity index (χ2n) is 13.8. The molecule has 5 rings (SSSR count). The Morgan fingerprint density at radius 3 is 2.05 bits per heavy atom. The van der Waals surface area contributed by atoms with E-state index in [1.54, 1.807) is 12.1 Å². The third-order valence-corrected chi connectivity index (χ3v) is 22.6. The summed E-state index contributed by atoms with van der Waals surface area (Å²) in [5.74, 6) is 0. The van der Waals surface area contributed by atoms with Crippen molar-refractivity contribution < 1.29 is 18.3 Å². The molecule has 0 saturated carbocycles. The molecule has 0 aliphatic heterocycles. The molecular weight excluding hydrogens is 583 g/mol. The van der Waals surface area contributed by atoms with E-state index in [2.05, 4.69) is 125 Å². The Balaban J connectivity index is 0.00000200. The first kappa shape index (κ1) is 31.0. The molecule has 0 heterocycles. The normalized spacial score (nSPS) is 14.8. The van der Waals surface area contributed by atoms with Crippen LogP contribution in [0.2, 0.25) is 4.63 Å². The molecule has 0 N–H and O–H groups in total. The van der Waals surface area contributed by atoms with E-state index in [0.29, 0.717) is 0 Å². The third-order valence-electron chi connectivity index (χ3n) is 8.71. The van der Waals surface area contributed by atoms with Crippen molar-refractivity contribution in [3.05, 3.63) is 110 Å². The van der Waals surface area contributed by atoms with Crippen LogP contribution < -0.4 is 3.27 Å². The van der Waals surface area contributed by atoms with E-state index >= 15 is 0 Å². The van der Waals surface area contributed by atoms with E-state index in [4.69, 9.17) is 4.21 Å². The summed E-state index contributed by atoms with van der Waals surface area (Å²) in [6.07, 6.45) is 9.11. The fourth-order valence-corrected chi connectivity index (χ4v) is 20.7. The predicted molar refractivity (Wildman–Crippen MR) is 171 cm³/mol. The summed E-state index contributed by atoms with van der Waals surface area (Å²) in [6, 6.07) is 23.2. The van der Waals surface area contributed by atoms with Crippen LogP contribution in [0.1, 0.15) is 75.8 Å². The zero-order valence-corrected chi connectivity index (χ0v) is 28.2. The van der Waals surface area contributed by atoms with Gasteiger partial charge >= 0.3 is 221 Å². The zero-order chi connectivity index (χ0) is 26.0. The number of halogens is 2. The van der Waals surface area contributed by atoms with E-state index in [9.17, 15) is 0 Å². The first-order chi connectivity index (χ1) is 16.8. The van der Waals surface area contributed by atoms with Gasteiger partial charge in [-0.1, -0.05) is 0 Å². The quantitative estimate of drug-likeness (QED) is 0.212. The summed E-state index contributed by atoms with van der Waals surface area (Å²) in [5, 5.41) is 0. The molecule has 0 bridgehead atoms. The van der Waals surface area contributed by atoms with Gasteiger partial charge < -0.3 is 0 Å². The molecule has 0 aromatic heterocycles. The second-order valence-corrected chi connectivity index (χ2v) is 28.8. The van der Waals surface area contributed by atoms with Crippen LogP contribution in [0.25, 0.3) is 11.1 Å². The Labute approximate surface area is 244 Å². The molecule has 0 atom stereocenters. The van der Waals surface area contributed by atoms with Crippen molar-refractivity contribution in [2.45, 2.75) is 74.0 Å². The molecule has 3 aromatic carbocycles. The van der Waals surface area contributed by atoms with Crippen LogP contribution in [0, 0.1) is 0 Å². The maximum atomic E-state index is 5.42. The van der Waals surface area contributed by atoms with Crippen molar-refractivity contribution in [1.82, 2.24) is 0 Å². The first-order valence-corrected chi connectivity index (χ1v) is 21.9. The van der Waals surface area contributed by atoms with E-state index in [1.807, 2.05) is 0 Å². The molecule has 0 unspecified atom stereocenters. The first-order valence-electron chi connectivity index (χ1n) is 13.5. The van der Waals surface area contributed by atoms with Crippen LogP contribution in [0.4, 0.5) is 0 Å². The van der Waals surface area contributed by atoms with Crippen LogP contribution in [0.15, 0.2) is 82.2 Å². The van der Waals surface area contributed by atoms with Gasteiger partial charge in [-0.05, 0) is 0 Å². The molecule has 0 amide bonds. The number of hydrogen-bond acceptors (Lipinski definition) is 0. The fourth-order valence-electron chi connectivity index (χ4n) is 6.70. The number of allylic oxidation sites excluding steroid dienone is 4. The zero-order valence-electron chi connectivity index (χ0n) is 24.2. The maximum absolute atomic E-state index is 5.42. The van der Waals surface area contributed by atoms with Crippen molar-refractivity contribution in [1.29, 1.82) is 0 Å². The molecule has 202 valence electrons. The van der Waals surface area contributed by atoms with Gasteiger partial charge in [-0.15, -0.1) is 24.8 Å². The molecule has 2 aliphatic carbocycles. The summed E-state index contributed by atoms with van der Waals surface area (Å²) in [6.45, 7) is 14.1. The molecular formula is C35H44Cl2Zr. The summed E-state index contributed by atoms with van der Waals surface area (Å²) in [5.41, 5.74) is 10.5. The van der Waals surface area contributed by atoms with Gasteiger partial charge in [0.25, 0.3) is 0 Å². The van der Waals surface area contributed by atoms with Crippen molar-refractivity contribution in [2.24, 2.45) is 0 Å². The Kier molecular flexibility index (Phi) is 8.54. The van der Waals surface area contributed by atoms with Gasteiger partial charge in [0, 0.05) is 0 Å². The van der Waals surface area contributed by atoms with Crippen LogP contribution in [-0.2, 0) is 39.7 Å². The summed E-state index contributed by atoms with van der Waals surface area (Å²) < 4.78 is 12.4. The fraction of sp³-hybridized carbons (Fsp3) is 0.343.